The van der Waals surface area contributed by atoms with Crippen LogP contribution in [0.25, 0.3) is 0 Å². The van der Waals surface area contributed by atoms with Crippen molar-refractivity contribution in [2.45, 2.75) is 51.5 Å². The second kappa shape index (κ2) is 8.70. The molecule has 0 spiro atoms. The second-order valence-electron chi connectivity index (χ2n) is 7.93. The molecule has 2 aliphatic heterocycles. The minimum Gasteiger partial charge on any atom is -0.336 e. The Morgan fingerprint density at radius 3 is 2.36 bits per heavy atom. The largest absolute Gasteiger partial charge is 0.336 e. The number of rotatable bonds is 4. The molecule has 0 radical (unpaired) electrons. The summed E-state index contributed by atoms with van der Waals surface area (Å²) in [5.74, 6) is 1.45. The molecule has 0 bridgehead atoms. The molecular formula is C21H33N3O. The summed E-state index contributed by atoms with van der Waals surface area (Å²) in [6, 6.07) is 11.2. The molecule has 2 saturated heterocycles. The number of carbonyl (C=O) groups is 1. The lowest BCUT2D eigenvalue weighted by atomic mass is 9.90. The van der Waals surface area contributed by atoms with Gasteiger partial charge in [0.15, 0.2) is 0 Å². The van der Waals surface area contributed by atoms with Crippen LogP contribution >= 0.6 is 0 Å². The number of hydrogen-bond donors (Lipinski definition) is 1. The molecule has 1 atom stereocenters. The van der Waals surface area contributed by atoms with Gasteiger partial charge in [-0.05, 0) is 63.1 Å². The van der Waals surface area contributed by atoms with E-state index in [0.29, 0.717) is 12.0 Å². The van der Waals surface area contributed by atoms with Crippen molar-refractivity contribution in [3.05, 3.63) is 35.9 Å². The van der Waals surface area contributed by atoms with Crippen LogP contribution in [0.3, 0.4) is 0 Å². The molecule has 1 N–H and O–H groups in total. The van der Waals surface area contributed by atoms with Crippen LogP contribution in [0.5, 0.6) is 0 Å². The van der Waals surface area contributed by atoms with Gasteiger partial charge in [-0.1, -0.05) is 37.3 Å². The van der Waals surface area contributed by atoms with Crippen molar-refractivity contribution in [1.82, 2.24) is 15.1 Å². The molecule has 0 saturated carbocycles. The molecule has 4 heteroatoms. The highest BCUT2D eigenvalue weighted by Gasteiger charge is 2.25. The summed E-state index contributed by atoms with van der Waals surface area (Å²) in [7, 11) is 0. The van der Waals surface area contributed by atoms with Gasteiger partial charge in [0, 0.05) is 25.7 Å². The van der Waals surface area contributed by atoms with E-state index in [4.69, 9.17) is 0 Å². The van der Waals surface area contributed by atoms with Gasteiger partial charge in [0.25, 0.3) is 0 Å². The van der Waals surface area contributed by atoms with Gasteiger partial charge in [0.2, 0.25) is 0 Å². The number of nitrogens with one attached hydrogen (secondary N) is 1. The molecular weight excluding hydrogens is 310 g/mol. The molecule has 25 heavy (non-hydrogen) atoms. The fourth-order valence-corrected chi connectivity index (χ4v) is 4.09. The average molecular weight is 344 g/mol. The van der Waals surface area contributed by atoms with E-state index in [1.807, 2.05) is 4.90 Å². The van der Waals surface area contributed by atoms with Crippen LogP contribution in [0.2, 0.25) is 0 Å². The summed E-state index contributed by atoms with van der Waals surface area (Å²) in [4.78, 5) is 17.0. The van der Waals surface area contributed by atoms with Crippen molar-refractivity contribution in [1.29, 1.82) is 0 Å². The summed E-state index contributed by atoms with van der Waals surface area (Å²) in [5.41, 5.74) is 1.41. The molecule has 0 aliphatic carbocycles. The highest BCUT2D eigenvalue weighted by Crippen LogP contribution is 2.27. The van der Waals surface area contributed by atoms with E-state index in [9.17, 15) is 4.79 Å². The van der Waals surface area contributed by atoms with Crippen molar-refractivity contribution in [2.24, 2.45) is 5.92 Å². The number of likely N-dealkylation sites (tertiary alicyclic amines) is 2. The van der Waals surface area contributed by atoms with Crippen LogP contribution in [0, 0.1) is 5.92 Å². The van der Waals surface area contributed by atoms with Crippen molar-refractivity contribution < 1.29 is 4.79 Å². The molecule has 3 rings (SSSR count). The molecule has 2 heterocycles. The van der Waals surface area contributed by atoms with Crippen LogP contribution < -0.4 is 5.32 Å². The molecule has 0 aromatic heterocycles. The Kier molecular flexibility index (Phi) is 6.35. The van der Waals surface area contributed by atoms with Gasteiger partial charge in [0.05, 0.1) is 0 Å². The zero-order valence-corrected chi connectivity index (χ0v) is 15.8. The molecule has 1 unspecified atom stereocenters. The summed E-state index contributed by atoms with van der Waals surface area (Å²) < 4.78 is 0. The Hall–Kier alpha value is -1.55. The molecule has 2 aliphatic rings. The lowest BCUT2D eigenvalue weighted by Gasteiger charge is -2.36. The Balaban J connectivity index is 1.39. The van der Waals surface area contributed by atoms with Gasteiger partial charge in [0.1, 0.15) is 0 Å². The van der Waals surface area contributed by atoms with Gasteiger partial charge in [-0.15, -0.1) is 0 Å². The summed E-state index contributed by atoms with van der Waals surface area (Å²) in [6.45, 7) is 9.38. The Bertz CT molecular complexity index is 531. The highest BCUT2D eigenvalue weighted by molar-refractivity contribution is 5.74. The predicted molar refractivity (Wildman–Crippen MR) is 103 cm³/mol. The first kappa shape index (κ1) is 18.2. The zero-order valence-electron chi connectivity index (χ0n) is 15.8. The third-order valence-electron chi connectivity index (χ3n) is 6.04. The van der Waals surface area contributed by atoms with Crippen LogP contribution in [0.4, 0.5) is 4.79 Å². The van der Waals surface area contributed by atoms with Crippen LogP contribution in [-0.4, -0.2) is 54.6 Å². The maximum absolute atomic E-state index is 12.5. The van der Waals surface area contributed by atoms with Crippen molar-refractivity contribution in [3.8, 4) is 0 Å². The van der Waals surface area contributed by atoms with E-state index in [1.165, 1.54) is 31.5 Å². The molecule has 1 aromatic rings. The van der Waals surface area contributed by atoms with Crippen LogP contribution in [0.1, 0.15) is 51.0 Å². The van der Waals surface area contributed by atoms with Gasteiger partial charge in [-0.25, -0.2) is 4.79 Å². The monoisotopic (exact) mass is 343 g/mol. The number of urea groups is 1. The summed E-state index contributed by atoms with van der Waals surface area (Å²) in [6.07, 6.45) is 4.70. The van der Waals surface area contributed by atoms with Gasteiger partial charge in [-0.3, -0.25) is 4.90 Å². The number of hydrogen-bond acceptors (Lipinski definition) is 2. The van der Waals surface area contributed by atoms with Gasteiger partial charge in [-0.2, -0.15) is 0 Å². The average Bonchev–Trinajstić information content (AvgIpc) is 2.67. The first-order chi connectivity index (χ1) is 12.1. The number of amides is 2. The first-order valence-corrected chi connectivity index (χ1v) is 9.95. The SMILES string of the molecule is CC1CCN(C(C)CNC(=O)N2CCC(c3ccccc3)CC2)CC1. The number of benzene rings is 1. The lowest BCUT2D eigenvalue weighted by molar-refractivity contribution is 0.140. The van der Waals surface area contributed by atoms with Crippen molar-refractivity contribution in [3.63, 3.8) is 0 Å². The maximum atomic E-state index is 12.5. The standard InChI is InChI=1S/C21H33N3O/c1-17-8-12-23(13-9-17)18(2)16-22-21(25)24-14-10-20(11-15-24)19-6-4-3-5-7-19/h3-7,17-18,20H,8-16H2,1-2H3,(H,22,25). The molecule has 1 aromatic carbocycles. The number of carbonyl (C=O) groups excluding carboxylic acids is 1. The van der Waals surface area contributed by atoms with E-state index in [2.05, 4.69) is 54.4 Å². The quantitative estimate of drug-likeness (QED) is 0.905. The van der Waals surface area contributed by atoms with E-state index in [0.717, 1.165) is 38.4 Å². The third kappa shape index (κ3) is 4.97. The topological polar surface area (TPSA) is 35.6 Å². The van der Waals surface area contributed by atoms with Gasteiger partial charge >= 0.3 is 6.03 Å². The van der Waals surface area contributed by atoms with Crippen LogP contribution in [0.15, 0.2) is 30.3 Å². The molecule has 2 amide bonds. The second-order valence-corrected chi connectivity index (χ2v) is 7.93. The van der Waals surface area contributed by atoms with Gasteiger partial charge < -0.3 is 10.2 Å². The first-order valence-electron chi connectivity index (χ1n) is 9.95. The molecule has 2 fully saturated rings. The minimum atomic E-state index is 0.115. The third-order valence-corrected chi connectivity index (χ3v) is 6.04. The van der Waals surface area contributed by atoms with E-state index in [1.54, 1.807) is 0 Å². The Morgan fingerprint density at radius 1 is 1.08 bits per heavy atom. The van der Waals surface area contributed by atoms with E-state index in [-0.39, 0.29) is 6.03 Å². The maximum Gasteiger partial charge on any atom is 0.317 e. The van der Waals surface area contributed by atoms with Crippen molar-refractivity contribution >= 4 is 6.03 Å². The normalized spacial score (nSPS) is 21.9. The lowest BCUT2D eigenvalue weighted by Crippen LogP contribution is -2.49. The molecule has 4 nitrogen and oxygen atoms in total. The van der Waals surface area contributed by atoms with Crippen LogP contribution in [-0.2, 0) is 0 Å². The summed E-state index contributed by atoms with van der Waals surface area (Å²) >= 11 is 0. The zero-order chi connectivity index (χ0) is 17.6. The van der Waals surface area contributed by atoms with E-state index < -0.39 is 0 Å². The highest BCUT2D eigenvalue weighted by atomic mass is 16.2. The minimum absolute atomic E-state index is 0.115. The Morgan fingerprint density at radius 2 is 1.72 bits per heavy atom. The fraction of sp³-hybridized carbons (Fsp3) is 0.667. The smallest absolute Gasteiger partial charge is 0.317 e. The number of piperidine rings is 2. The predicted octanol–water partition coefficient (Wildman–Crippen LogP) is 3.70. The Labute approximate surface area is 152 Å². The van der Waals surface area contributed by atoms with E-state index >= 15 is 0 Å². The fourth-order valence-electron chi connectivity index (χ4n) is 4.09. The summed E-state index contributed by atoms with van der Waals surface area (Å²) in [5, 5.41) is 3.16. The van der Waals surface area contributed by atoms with Crippen molar-refractivity contribution in [2.75, 3.05) is 32.7 Å². The number of nitrogens with zero attached hydrogens (tertiary/aromatic N) is 2. The molecule has 138 valence electrons.